The molecular formula is C7HF14NaO3S. The number of rotatable bonds is 6. The molecule has 0 N–H and O–H groups in total. The van der Waals surface area contributed by atoms with Gasteiger partial charge in [-0.2, -0.15) is 57.1 Å². The van der Waals surface area contributed by atoms with Gasteiger partial charge in [-0.3, -0.25) is 0 Å². The van der Waals surface area contributed by atoms with E-state index in [4.69, 9.17) is 0 Å². The van der Waals surface area contributed by atoms with Gasteiger partial charge in [0.25, 0.3) is 5.50 Å². The van der Waals surface area contributed by atoms with Crippen LogP contribution in [0.2, 0.25) is 0 Å². The van der Waals surface area contributed by atoms with Crippen LogP contribution in [0.5, 0.6) is 0 Å². The first-order valence-electron chi connectivity index (χ1n) is 4.95. The van der Waals surface area contributed by atoms with Crippen LogP contribution in [-0.4, -0.2) is 54.3 Å². The Kier molecular flexibility index (Phi) is 7.65. The van der Waals surface area contributed by atoms with Gasteiger partial charge in [-0.1, -0.05) is 0 Å². The first-order valence-corrected chi connectivity index (χ1v) is 6.42. The Morgan fingerprint density at radius 1 is 0.615 bits per heavy atom. The normalized spacial score (nSPS) is 16.9. The minimum Gasteiger partial charge on any atom is -0.746 e. The van der Waals surface area contributed by atoms with E-state index < -0.39 is 51.4 Å². The van der Waals surface area contributed by atoms with Crippen LogP contribution < -0.4 is 29.6 Å². The Balaban J connectivity index is 0. The number of alkyl halides is 14. The Morgan fingerprint density at radius 2 is 0.885 bits per heavy atom. The van der Waals surface area contributed by atoms with Crippen LogP contribution in [0.4, 0.5) is 61.5 Å². The molecule has 0 spiro atoms. The summed E-state index contributed by atoms with van der Waals surface area (Å²) in [5.74, 6) is -40.5. The molecule has 0 bridgehead atoms. The van der Waals surface area contributed by atoms with E-state index in [1.807, 2.05) is 0 Å². The van der Waals surface area contributed by atoms with E-state index in [1.165, 1.54) is 0 Å². The van der Waals surface area contributed by atoms with Crippen molar-refractivity contribution in [3.05, 3.63) is 0 Å². The standard InChI is InChI=1S/C7H2F14O3S.Na/c8-1(25(22,23)24)2(9,10)3(11,12)4(13,14)5(15,16)6(17,18)7(19,20)21;/h1H,(H,22,23,24);/q;+1/p-1. The molecule has 19 heteroatoms. The first-order chi connectivity index (χ1) is 10.4. The molecule has 0 aromatic heterocycles. The zero-order valence-electron chi connectivity index (χ0n) is 11.5. The number of hydrogen-bond acceptors (Lipinski definition) is 3. The largest absolute Gasteiger partial charge is 1.00 e. The third kappa shape index (κ3) is 3.88. The third-order valence-corrected chi connectivity index (χ3v) is 3.30. The van der Waals surface area contributed by atoms with Crippen molar-refractivity contribution in [2.45, 2.75) is 41.3 Å². The first kappa shape index (κ1) is 28.1. The van der Waals surface area contributed by atoms with Gasteiger partial charge in [0.15, 0.2) is 0 Å². The average Bonchev–Trinajstić information content (AvgIpc) is 2.34. The van der Waals surface area contributed by atoms with Crippen molar-refractivity contribution in [2.24, 2.45) is 0 Å². The molecule has 0 heterocycles. The molecule has 0 aromatic rings. The second kappa shape index (κ2) is 7.07. The van der Waals surface area contributed by atoms with E-state index in [9.17, 15) is 74.4 Å². The van der Waals surface area contributed by atoms with Crippen molar-refractivity contribution in [1.29, 1.82) is 0 Å². The summed E-state index contributed by atoms with van der Waals surface area (Å²) >= 11 is 0. The topological polar surface area (TPSA) is 57.2 Å². The van der Waals surface area contributed by atoms with E-state index in [0.717, 1.165) is 0 Å². The van der Waals surface area contributed by atoms with Crippen LogP contribution in [0.25, 0.3) is 0 Å². The van der Waals surface area contributed by atoms with E-state index in [0.29, 0.717) is 0 Å². The molecule has 0 rings (SSSR count). The van der Waals surface area contributed by atoms with Gasteiger partial charge in [0.2, 0.25) is 0 Å². The summed E-state index contributed by atoms with van der Waals surface area (Å²) in [7, 11) is -7.25. The van der Waals surface area contributed by atoms with Gasteiger partial charge < -0.3 is 4.55 Å². The fourth-order valence-corrected chi connectivity index (χ4v) is 1.62. The predicted molar refractivity (Wildman–Crippen MR) is 45.4 cm³/mol. The molecular weight excluding hydrogens is 453 g/mol. The van der Waals surface area contributed by atoms with Crippen LogP contribution in [-0.2, 0) is 10.1 Å². The Morgan fingerprint density at radius 3 is 1.12 bits per heavy atom. The zero-order chi connectivity index (χ0) is 21.1. The summed E-state index contributed by atoms with van der Waals surface area (Å²) < 4.78 is 204. The quantitative estimate of drug-likeness (QED) is 0.335. The molecule has 0 aliphatic rings. The maximum absolute atomic E-state index is 12.9. The van der Waals surface area contributed by atoms with E-state index >= 15 is 0 Å². The Hall–Kier alpha value is -0.0700. The van der Waals surface area contributed by atoms with Crippen molar-refractivity contribution in [2.75, 3.05) is 0 Å². The van der Waals surface area contributed by atoms with Gasteiger partial charge in [-0.25, -0.2) is 12.8 Å². The monoisotopic (exact) mass is 454 g/mol. The number of halogens is 14. The third-order valence-electron chi connectivity index (χ3n) is 2.50. The minimum absolute atomic E-state index is 0. The van der Waals surface area contributed by atoms with Crippen LogP contribution in [0.1, 0.15) is 0 Å². The van der Waals surface area contributed by atoms with Crippen molar-refractivity contribution in [3.8, 4) is 0 Å². The SMILES string of the molecule is O=S(=O)([O-])C(F)C(F)(F)C(F)(F)C(F)(F)C(F)(F)C(F)(F)C(F)(F)F.[Na+]. The summed E-state index contributed by atoms with van der Waals surface area (Å²) in [5.41, 5.74) is -5.88. The minimum atomic E-state index is -8.36. The molecule has 1 unspecified atom stereocenters. The molecule has 0 aliphatic carbocycles. The fourth-order valence-electron chi connectivity index (χ4n) is 1.11. The van der Waals surface area contributed by atoms with Gasteiger partial charge >= 0.3 is 65.3 Å². The smallest absolute Gasteiger partial charge is 0.746 e. The van der Waals surface area contributed by atoms with Gasteiger partial charge in [0, 0.05) is 0 Å². The van der Waals surface area contributed by atoms with E-state index in [2.05, 4.69) is 0 Å². The molecule has 152 valence electrons. The van der Waals surface area contributed by atoms with Crippen LogP contribution in [0.3, 0.4) is 0 Å². The second-order valence-corrected chi connectivity index (χ2v) is 5.63. The summed E-state index contributed by atoms with van der Waals surface area (Å²) in [6, 6.07) is 0. The molecule has 0 aromatic carbocycles. The second-order valence-electron chi connectivity index (χ2n) is 4.23. The maximum atomic E-state index is 12.9. The van der Waals surface area contributed by atoms with Crippen molar-refractivity contribution in [3.63, 3.8) is 0 Å². The molecule has 0 saturated heterocycles. The van der Waals surface area contributed by atoms with Gasteiger partial charge in [-0.15, -0.1) is 0 Å². The Bertz CT molecular complexity index is 611. The fraction of sp³-hybridized carbons (Fsp3) is 1.00. The summed E-state index contributed by atoms with van der Waals surface area (Å²) in [4.78, 5) is 0. The van der Waals surface area contributed by atoms with Crippen LogP contribution in [0.15, 0.2) is 0 Å². The van der Waals surface area contributed by atoms with Crippen molar-refractivity contribution in [1.82, 2.24) is 0 Å². The molecule has 0 fully saturated rings. The number of hydrogen-bond donors (Lipinski definition) is 0. The summed E-state index contributed by atoms with van der Waals surface area (Å²) in [5, 5.41) is 0. The summed E-state index contributed by atoms with van der Waals surface area (Å²) in [6.45, 7) is 0. The molecule has 0 amide bonds. The van der Waals surface area contributed by atoms with Gasteiger partial charge in [0.05, 0.1) is 0 Å². The van der Waals surface area contributed by atoms with Crippen LogP contribution >= 0.6 is 0 Å². The predicted octanol–water partition coefficient (Wildman–Crippen LogP) is 0.570. The molecule has 3 nitrogen and oxygen atoms in total. The van der Waals surface area contributed by atoms with Crippen LogP contribution in [0, 0.1) is 0 Å². The maximum Gasteiger partial charge on any atom is 1.00 e. The Labute approximate surface area is 155 Å². The molecule has 1 atom stereocenters. The molecule has 0 aliphatic heterocycles. The molecule has 0 saturated carbocycles. The molecule has 26 heavy (non-hydrogen) atoms. The van der Waals surface area contributed by atoms with Gasteiger partial charge in [0.1, 0.15) is 10.1 Å². The zero-order valence-corrected chi connectivity index (χ0v) is 14.3. The molecule has 0 radical (unpaired) electrons. The van der Waals surface area contributed by atoms with Gasteiger partial charge in [-0.05, 0) is 0 Å². The van der Waals surface area contributed by atoms with Crippen molar-refractivity contribution < 1.29 is 104 Å². The van der Waals surface area contributed by atoms with Crippen molar-refractivity contribution >= 4 is 10.1 Å². The van der Waals surface area contributed by atoms with E-state index in [1.54, 1.807) is 0 Å². The summed E-state index contributed by atoms with van der Waals surface area (Å²) in [6.07, 6.45) is -7.66. The van der Waals surface area contributed by atoms with E-state index in [-0.39, 0.29) is 29.6 Å². The average molecular weight is 454 g/mol.